The van der Waals surface area contributed by atoms with E-state index >= 15 is 0 Å². The normalized spacial score (nSPS) is 12.0. The van der Waals surface area contributed by atoms with Crippen LogP contribution in [0.5, 0.6) is 0 Å². The molecular weight excluding hydrogens is 647 g/mol. The zero-order chi connectivity index (χ0) is 35.3. The van der Waals surface area contributed by atoms with E-state index in [1.807, 2.05) is 24.3 Å². The molecule has 10 rings (SSSR count). The maximum absolute atomic E-state index is 6.84. The quantitative estimate of drug-likeness (QED) is 0.157. The third-order valence-corrected chi connectivity index (χ3v) is 10.3. The fourth-order valence-electron chi connectivity index (χ4n) is 7.76. The molecule has 3 nitrogen and oxygen atoms in total. The molecule has 250 valence electrons. The van der Waals surface area contributed by atoms with Gasteiger partial charge in [0.25, 0.3) is 0 Å². The number of nitrogens with zero attached hydrogens (tertiary/aromatic N) is 1. The van der Waals surface area contributed by atoms with Crippen LogP contribution in [0.25, 0.3) is 82.8 Å². The molecule has 53 heavy (non-hydrogen) atoms. The minimum atomic E-state index is 0.752. The van der Waals surface area contributed by atoms with Crippen LogP contribution in [-0.4, -0.2) is 0 Å². The van der Waals surface area contributed by atoms with E-state index in [9.17, 15) is 0 Å². The van der Waals surface area contributed by atoms with Crippen LogP contribution in [-0.2, 0) is 0 Å². The second-order valence-electron chi connectivity index (χ2n) is 13.3. The van der Waals surface area contributed by atoms with E-state index in [1.54, 1.807) is 0 Å². The molecule has 0 N–H and O–H groups in total. The lowest BCUT2D eigenvalue weighted by Gasteiger charge is -2.28. The predicted molar refractivity (Wildman–Crippen MR) is 223 cm³/mol. The highest BCUT2D eigenvalue weighted by Crippen LogP contribution is 2.44. The lowest BCUT2D eigenvalue weighted by atomic mass is 9.97. The fraction of sp³-hybridized carbons (Fsp3) is 0. The largest absolute Gasteiger partial charge is 0.457 e. The molecule has 3 heteroatoms. The van der Waals surface area contributed by atoms with Crippen molar-refractivity contribution < 1.29 is 8.83 Å². The maximum atomic E-state index is 6.84. The van der Waals surface area contributed by atoms with Gasteiger partial charge in [-0.3, -0.25) is 0 Å². The lowest BCUT2D eigenvalue weighted by molar-refractivity contribution is 0.604. The van der Waals surface area contributed by atoms with Crippen molar-refractivity contribution in [3.05, 3.63) is 200 Å². The summed E-state index contributed by atoms with van der Waals surface area (Å²) in [6, 6.07) is 61.7. The van der Waals surface area contributed by atoms with Crippen LogP contribution in [0, 0.1) is 0 Å². The standard InChI is InChI=1S/C50H33NO2/c1-2-37(32-39-31-36-15-5-10-24-48(36)52-39)51(38-28-25-35(26-29-38)41-20-11-16-33-13-3-6-17-40(33)41)47-23-9-8-19-43(47)44-21-12-22-45-46-30-27-34-14-4-7-18-42(34)49(46)53-50(44)45/h2-32H,1H2/b37-32+. The first-order valence-electron chi connectivity index (χ1n) is 17.9. The summed E-state index contributed by atoms with van der Waals surface area (Å²) >= 11 is 0. The lowest BCUT2D eigenvalue weighted by Crippen LogP contribution is -2.16. The second kappa shape index (κ2) is 12.6. The van der Waals surface area contributed by atoms with Crippen molar-refractivity contribution in [2.24, 2.45) is 0 Å². The van der Waals surface area contributed by atoms with Gasteiger partial charge < -0.3 is 13.7 Å². The number of anilines is 2. The number of benzene rings is 8. The molecule has 0 saturated carbocycles. The Morgan fingerprint density at radius 2 is 1.09 bits per heavy atom. The Morgan fingerprint density at radius 3 is 1.92 bits per heavy atom. The van der Waals surface area contributed by atoms with Gasteiger partial charge >= 0.3 is 0 Å². The highest BCUT2D eigenvalue weighted by molar-refractivity contribution is 6.17. The van der Waals surface area contributed by atoms with Crippen molar-refractivity contribution in [3.63, 3.8) is 0 Å². The van der Waals surface area contributed by atoms with Crippen molar-refractivity contribution in [2.75, 3.05) is 4.90 Å². The number of hydrogen-bond donors (Lipinski definition) is 0. The topological polar surface area (TPSA) is 29.5 Å². The highest BCUT2D eigenvalue weighted by atomic mass is 16.3. The molecular formula is C50H33NO2. The molecule has 0 unspecified atom stereocenters. The van der Waals surface area contributed by atoms with E-state index in [4.69, 9.17) is 8.83 Å². The Hall–Kier alpha value is -7.10. The third-order valence-electron chi connectivity index (χ3n) is 10.3. The number of hydrogen-bond acceptors (Lipinski definition) is 3. The van der Waals surface area contributed by atoms with Gasteiger partial charge in [-0.05, 0) is 69.8 Å². The SMILES string of the molecule is C=C/C(=C\c1cc2ccccc2o1)N(c1ccc(-c2cccc3ccccc23)cc1)c1ccccc1-c1cccc2c1oc1c3ccccc3ccc21. The zero-order valence-corrected chi connectivity index (χ0v) is 28.9. The van der Waals surface area contributed by atoms with E-state index in [0.717, 1.165) is 83.2 Å². The molecule has 2 aromatic heterocycles. The molecule has 0 bridgehead atoms. The average Bonchev–Trinajstić information content (AvgIpc) is 3.82. The van der Waals surface area contributed by atoms with Gasteiger partial charge in [-0.25, -0.2) is 0 Å². The second-order valence-corrected chi connectivity index (χ2v) is 13.3. The van der Waals surface area contributed by atoms with Gasteiger partial charge in [0.15, 0.2) is 0 Å². The molecule has 10 aromatic rings. The summed E-state index contributed by atoms with van der Waals surface area (Å²) in [7, 11) is 0. The number of para-hydroxylation sites is 3. The first-order valence-corrected chi connectivity index (χ1v) is 17.9. The summed E-state index contributed by atoms with van der Waals surface area (Å²) < 4.78 is 13.2. The van der Waals surface area contributed by atoms with Crippen LogP contribution in [0.1, 0.15) is 5.76 Å². The van der Waals surface area contributed by atoms with E-state index in [0.29, 0.717) is 0 Å². The van der Waals surface area contributed by atoms with Crippen LogP contribution < -0.4 is 4.90 Å². The van der Waals surface area contributed by atoms with Crippen molar-refractivity contribution >= 4 is 71.9 Å². The van der Waals surface area contributed by atoms with E-state index in [1.165, 1.54) is 16.3 Å². The van der Waals surface area contributed by atoms with E-state index < -0.39 is 0 Å². The number of furan rings is 2. The molecule has 0 aliphatic rings. The van der Waals surface area contributed by atoms with E-state index in [2.05, 4.69) is 175 Å². The van der Waals surface area contributed by atoms with E-state index in [-0.39, 0.29) is 0 Å². The highest BCUT2D eigenvalue weighted by Gasteiger charge is 2.22. The van der Waals surface area contributed by atoms with Crippen LogP contribution in [0.3, 0.4) is 0 Å². The average molecular weight is 680 g/mol. The monoisotopic (exact) mass is 679 g/mol. The Labute approximate surface area is 306 Å². The van der Waals surface area contributed by atoms with Crippen LogP contribution in [0.2, 0.25) is 0 Å². The van der Waals surface area contributed by atoms with Gasteiger partial charge in [0.1, 0.15) is 22.5 Å². The molecule has 8 aromatic carbocycles. The minimum absolute atomic E-state index is 0.752. The number of rotatable bonds is 7. The van der Waals surface area contributed by atoms with Crippen LogP contribution in [0.4, 0.5) is 11.4 Å². The molecule has 0 fully saturated rings. The van der Waals surface area contributed by atoms with Gasteiger partial charge in [0.2, 0.25) is 0 Å². The Balaban J connectivity index is 1.17. The van der Waals surface area contributed by atoms with Crippen molar-refractivity contribution in [1.29, 1.82) is 0 Å². The molecule has 0 aliphatic heterocycles. The van der Waals surface area contributed by atoms with Gasteiger partial charge in [0.05, 0.1) is 5.69 Å². The summed E-state index contributed by atoms with van der Waals surface area (Å²) in [5.74, 6) is 0.752. The Bertz CT molecular complexity index is 2990. The molecule has 0 saturated heterocycles. The van der Waals surface area contributed by atoms with Gasteiger partial charge in [-0.1, -0.05) is 146 Å². The summed E-state index contributed by atoms with van der Waals surface area (Å²) in [5, 5.41) is 7.97. The number of fused-ring (bicyclic) bond motifs is 7. The smallest absolute Gasteiger partial charge is 0.143 e. The minimum Gasteiger partial charge on any atom is -0.457 e. The van der Waals surface area contributed by atoms with Crippen LogP contribution in [0.15, 0.2) is 203 Å². The first-order chi connectivity index (χ1) is 26.2. The van der Waals surface area contributed by atoms with Crippen LogP contribution >= 0.6 is 0 Å². The summed E-state index contributed by atoms with van der Waals surface area (Å²) in [6.45, 7) is 4.32. The van der Waals surface area contributed by atoms with Crippen molar-refractivity contribution in [2.45, 2.75) is 0 Å². The predicted octanol–water partition coefficient (Wildman–Crippen LogP) is 14.3. The molecule has 0 radical (unpaired) electrons. The number of allylic oxidation sites excluding steroid dienone is 1. The molecule has 0 amide bonds. The molecule has 2 heterocycles. The van der Waals surface area contributed by atoms with Crippen molar-refractivity contribution in [3.8, 4) is 22.3 Å². The summed E-state index contributed by atoms with van der Waals surface area (Å²) in [5.41, 5.74) is 9.87. The maximum Gasteiger partial charge on any atom is 0.143 e. The molecule has 0 aliphatic carbocycles. The van der Waals surface area contributed by atoms with Gasteiger partial charge in [0, 0.05) is 50.1 Å². The zero-order valence-electron chi connectivity index (χ0n) is 28.9. The Morgan fingerprint density at radius 1 is 0.472 bits per heavy atom. The third kappa shape index (κ3) is 5.21. The fourth-order valence-corrected chi connectivity index (χ4v) is 7.76. The molecule has 0 spiro atoms. The summed E-state index contributed by atoms with van der Waals surface area (Å²) in [6.07, 6.45) is 3.97. The Kier molecular flexibility index (Phi) is 7.29. The van der Waals surface area contributed by atoms with Crippen molar-refractivity contribution in [1.82, 2.24) is 0 Å². The molecule has 0 atom stereocenters. The van der Waals surface area contributed by atoms with Gasteiger partial charge in [-0.15, -0.1) is 0 Å². The summed E-state index contributed by atoms with van der Waals surface area (Å²) in [4.78, 5) is 2.26. The first kappa shape index (κ1) is 30.7. The van der Waals surface area contributed by atoms with Gasteiger partial charge in [-0.2, -0.15) is 0 Å².